The summed E-state index contributed by atoms with van der Waals surface area (Å²) in [5.41, 5.74) is 1.76. The van der Waals surface area contributed by atoms with E-state index in [0.717, 1.165) is 30.9 Å². The Kier molecular flexibility index (Phi) is 4.31. The lowest BCUT2D eigenvalue weighted by atomic mass is 9.76. The number of esters is 1. The van der Waals surface area contributed by atoms with E-state index in [2.05, 4.69) is 29.8 Å². The summed E-state index contributed by atoms with van der Waals surface area (Å²) in [5, 5.41) is 0. The number of pyridine rings is 1. The van der Waals surface area contributed by atoms with Crippen molar-refractivity contribution in [2.24, 2.45) is 11.3 Å². The van der Waals surface area contributed by atoms with E-state index in [1.807, 2.05) is 26.1 Å². The van der Waals surface area contributed by atoms with Crippen LogP contribution in [0, 0.1) is 18.3 Å². The molecule has 4 nitrogen and oxygen atoms in total. The SMILES string of the molecule is CCOC(=O)C1(C(C)C)CCN(c2ccnc(C)c2)C1. The van der Waals surface area contributed by atoms with Crippen molar-refractivity contribution in [2.75, 3.05) is 24.6 Å². The third-order valence-corrected chi connectivity index (χ3v) is 4.33. The molecule has 0 spiro atoms. The van der Waals surface area contributed by atoms with Gasteiger partial charge in [0.1, 0.15) is 0 Å². The normalized spacial score (nSPS) is 22.4. The van der Waals surface area contributed by atoms with Gasteiger partial charge in [-0.05, 0) is 38.3 Å². The number of aryl methyl sites for hydroxylation is 1. The van der Waals surface area contributed by atoms with E-state index in [9.17, 15) is 4.79 Å². The van der Waals surface area contributed by atoms with Crippen LogP contribution < -0.4 is 4.90 Å². The van der Waals surface area contributed by atoms with Gasteiger partial charge < -0.3 is 9.64 Å². The number of aromatic nitrogens is 1. The molecule has 0 N–H and O–H groups in total. The van der Waals surface area contributed by atoms with Crippen LogP contribution >= 0.6 is 0 Å². The predicted octanol–water partition coefficient (Wildman–Crippen LogP) is 2.81. The maximum absolute atomic E-state index is 12.4. The maximum Gasteiger partial charge on any atom is 0.314 e. The summed E-state index contributed by atoms with van der Waals surface area (Å²) in [6.07, 6.45) is 2.68. The van der Waals surface area contributed by atoms with Gasteiger partial charge in [0.05, 0.1) is 12.0 Å². The second-order valence-electron chi connectivity index (χ2n) is 5.86. The van der Waals surface area contributed by atoms with Gasteiger partial charge in [-0.15, -0.1) is 0 Å². The lowest BCUT2D eigenvalue weighted by Crippen LogP contribution is -2.40. The summed E-state index contributed by atoms with van der Waals surface area (Å²) in [4.78, 5) is 18.9. The molecule has 0 bridgehead atoms. The average Bonchev–Trinajstić information content (AvgIpc) is 2.85. The van der Waals surface area contributed by atoms with Crippen LogP contribution in [-0.2, 0) is 9.53 Å². The second kappa shape index (κ2) is 5.81. The molecule has 1 fully saturated rings. The minimum absolute atomic E-state index is 0.0525. The van der Waals surface area contributed by atoms with E-state index in [-0.39, 0.29) is 17.3 Å². The highest BCUT2D eigenvalue weighted by molar-refractivity contribution is 5.79. The molecule has 1 saturated heterocycles. The number of anilines is 1. The number of nitrogens with zero attached hydrogens (tertiary/aromatic N) is 2. The lowest BCUT2D eigenvalue weighted by molar-refractivity contribution is -0.156. The topological polar surface area (TPSA) is 42.4 Å². The Bertz CT molecular complexity index is 487. The van der Waals surface area contributed by atoms with E-state index >= 15 is 0 Å². The Morgan fingerprint density at radius 3 is 2.90 bits per heavy atom. The standard InChI is InChI=1S/C16H24N2O2/c1-5-20-15(19)16(12(2)3)7-9-18(11-16)14-6-8-17-13(4)10-14/h6,8,10,12H,5,7,9,11H2,1-4H3. The monoisotopic (exact) mass is 276 g/mol. The molecule has 1 unspecified atom stereocenters. The van der Waals surface area contributed by atoms with Gasteiger partial charge in [-0.1, -0.05) is 13.8 Å². The molecule has 110 valence electrons. The molecule has 1 atom stereocenters. The highest BCUT2D eigenvalue weighted by atomic mass is 16.5. The number of carbonyl (C=O) groups is 1. The molecule has 4 heteroatoms. The van der Waals surface area contributed by atoms with Crippen LogP contribution in [0.2, 0.25) is 0 Å². The Hall–Kier alpha value is -1.58. The number of hydrogen-bond donors (Lipinski definition) is 0. The zero-order valence-electron chi connectivity index (χ0n) is 12.8. The highest BCUT2D eigenvalue weighted by Crippen LogP contribution is 2.40. The zero-order valence-corrected chi connectivity index (χ0v) is 12.8. The van der Waals surface area contributed by atoms with Crippen LogP contribution in [0.15, 0.2) is 18.3 Å². The van der Waals surface area contributed by atoms with E-state index in [1.54, 1.807) is 0 Å². The van der Waals surface area contributed by atoms with Crippen molar-refractivity contribution in [3.05, 3.63) is 24.0 Å². The quantitative estimate of drug-likeness (QED) is 0.793. The molecule has 0 amide bonds. The highest BCUT2D eigenvalue weighted by Gasteiger charge is 2.48. The first-order chi connectivity index (χ1) is 9.49. The molecule has 2 heterocycles. The Balaban J connectivity index is 2.21. The van der Waals surface area contributed by atoms with Crippen molar-refractivity contribution in [3.8, 4) is 0 Å². The van der Waals surface area contributed by atoms with Gasteiger partial charge in [0, 0.05) is 30.7 Å². The van der Waals surface area contributed by atoms with Crippen molar-refractivity contribution in [1.82, 2.24) is 4.98 Å². The van der Waals surface area contributed by atoms with Gasteiger partial charge in [-0.3, -0.25) is 9.78 Å². The molecule has 1 aromatic heterocycles. The van der Waals surface area contributed by atoms with Crippen LogP contribution in [0.1, 0.15) is 32.9 Å². The van der Waals surface area contributed by atoms with E-state index in [4.69, 9.17) is 4.74 Å². The zero-order chi connectivity index (χ0) is 14.8. The maximum atomic E-state index is 12.4. The summed E-state index contributed by atoms with van der Waals surface area (Å²) >= 11 is 0. The molecular weight excluding hydrogens is 252 g/mol. The van der Waals surface area contributed by atoms with E-state index in [0.29, 0.717) is 6.61 Å². The molecule has 1 aromatic rings. The Morgan fingerprint density at radius 1 is 1.55 bits per heavy atom. The van der Waals surface area contributed by atoms with Crippen molar-refractivity contribution in [1.29, 1.82) is 0 Å². The molecule has 0 aromatic carbocycles. The first-order valence-corrected chi connectivity index (χ1v) is 7.34. The van der Waals surface area contributed by atoms with Crippen LogP contribution in [0.5, 0.6) is 0 Å². The fraction of sp³-hybridized carbons (Fsp3) is 0.625. The van der Waals surface area contributed by atoms with Crippen LogP contribution in [0.3, 0.4) is 0 Å². The summed E-state index contributed by atoms with van der Waals surface area (Å²) < 4.78 is 5.32. The van der Waals surface area contributed by atoms with E-state index in [1.165, 1.54) is 0 Å². The molecule has 20 heavy (non-hydrogen) atoms. The lowest BCUT2D eigenvalue weighted by Gasteiger charge is -2.31. The molecule has 0 radical (unpaired) electrons. The minimum Gasteiger partial charge on any atom is -0.466 e. The van der Waals surface area contributed by atoms with Gasteiger partial charge in [-0.2, -0.15) is 0 Å². The number of carbonyl (C=O) groups excluding carboxylic acids is 1. The third kappa shape index (κ3) is 2.65. The summed E-state index contributed by atoms with van der Waals surface area (Å²) in [7, 11) is 0. The predicted molar refractivity (Wildman–Crippen MR) is 79.7 cm³/mol. The largest absolute Gasteiger partial charge is 0.466 e. The first-order valence-electron chi connectivity index (χ1n) is 7.34. The molecule has 1 aliphatic rings. The van der Waals surface area contributed by atoms with Crippen molar-refractivity contribution >= 4 is 11.7 Å². The fourth-order valence-electron chi connectivity index (χ4n) is 2.93. The molecule has 2 rings (SSSR count). The van der Waals surface area contributed by atoms with Gasteiger partial charge in [0.25, 0.3) is 0 Å². The van der Waals surface area contributed by atoms with Gasteiger partial charge >= 0.3 is 5.97 Å². The van der Waals surface area contributed by atoms with Crippen LogP contribution in [-0.4, -0.2) is 30.6 Å². The second-order valence-corrected chi connectivity index (χ2v) is 5.86. The van der Waals surface area contributed by atoms with Crippen LogP contribution in [0.25, 0.3) is 0 Å². The molecular formula is C16H24N2O2. The van der Waals surface area contributed by atoms with Gasteiger partial charge in [0.2, 0.25) is 0 Å². The van der Waals surface area contributed by atoms with Gasteiger partial charge in [0.15, 0.2) is 0 Å². The summed E-state index contributed by atoms with van der Waals surface area (Å²) in [5.74, 6) is 0.220. The molecule has 1 aliphatic heterocycles. The Labute approximate surface area is 121 Å². The number of ether oxygens (including phenoxy) is 1. The fourth-order valence-corrected chi connectivity index (χ4v) is 2.93. The van der Waals surface area contributed by atoms with Gasteiger partial charge in [-0.25, -0.2) is 0 Å². The Morgan fingerprint density at radius 2 is 2.30 bits per heavy atom. The van der Waals surface area contributed by atoms with Crippen LogP contribution in [0.4, 0.5) is 5.69 Å². The van der Waals surface area contributed by atoms with Crippen molar-refractivity contribution < 1.29 is 9.53 Å². The first kappa shape index (κ1) is 14.8. The summed E-state index contributed by atoms with van der Waals surface area (Å²) in [6, 6.07) is 4.08. The minimum atomic E-state index is -0.382. The average molecular weight is 276 g/mol. The van der Waals surface area contributed by atoms with E-state index < -0.39 is 0 Å². The van der Waals surface area contributed by atoms with Crippen molar-refractivity contribution in [2.45, 2.75) is 34.1 Å². The molecule has 0 aliphatic carbocycles. The number of rotatable bonds is 4. The third-order valence-electron chi connectivity index (χ3n) is 4.33. The van der Waals surface area contributed by atoms with Crippen molar-refractivity contribution in [3.63, 3.8) is 0 Å². The summed E-state index contributed by atoms with van der Waals surface area (Å²) in [6.45, 7) is 10.1. The molecule has 0 saturated carbocycles. The smallest absolute Gasteiger partial charge is 0.314 e. The number of hydrogen-bond acceptors (Lipinski definition) is 4.